The van der Waals surface area contributed by atoms with Gasteiger partial charge < -0.3 is 15.0 Å². The monoisotopic (exact) mass is 518 g/mol. The van der Waals surface area contributed by atoms with Crippen LogP contribution in [0, 0.1) is 0 Å². The molecule has 1 heterocycles. The number of carbonyl (C=O) groups is 2. The molecule has 0 bridgehead atoms. The van der Waals surface area contributed by atoms with E-state index in [0.717, 1.165) is 17.1 Å². The quantitative estimate of drug-likeness (QED) is 0.303. The van der Waals surface area contributed by atoms with E-state index < -0.39 is 22.0 Å². The third-order valence-corrected chi connectivity index (χ3v) is 8.42. The molecule has 0 radical (unpaired) electrons. The van der Waals surface area contributed by atoms with Crippen LogP contribution in [0.3, 0.4) is 0 Å². The first-order chi connectivity index (χ1) is 17.3. The molecule has 1 aliphatic rings. The fourth-order valence-electron chi connectivity index (χ4n) is 4.35. The summed E-state index contributed by atoms with van der Waals surface area (Å²) in [6.45, 7) is 0.949. The van der Waals surface area contributed by atoms with Gasteiger partial charge in [-0.1, -0.05) is 30.3 Å². The highest BCUT2D eigenvalue weighted by molar-refractivity contribution is 7.89. The second kappa shape index (κ2) is 12.8. The molecule has 0 aromatic heterocycles. The summed E-state index contributed by atoms with van der Waals surface area (Å²) < 4.78 is 33.6. The molecule has 36 heavy (non-hydrogen) atoms. The third-order valence-electron chi connectivity index (χ3n) is 6.50. The van der Waals surface area contributed by atoms with E-state index in [1.807, 2.05) is 13.1 Å². The fourth-order valence-corrected chi connectivity index (χ4v) is 5.93. The Balaban J connectivity index is 1.89. The number of rotatable bonds is 11. The zero-order valence-electron chi connectivity index (χ0n) is 20.6. The minimum absolute atomic E-state index is 0.0182. The van der Waals surface area contributed by atoms with Gasteiger partial charge in [0.15, 0.2) is 0 Å². The van der Waals surface area contributed by atoms with Gasteiger partial charge >= 0.3 is 0 Å². The Labute approximate surface area is 212 Å². The van der Waals surface area contributed by atoms with Gasteiger partial charge in [0.05, 0.1) is 12.0 Å². The molecule has 3 N–H and O–H groups in total. The van der Waals surface area contributed by atoms with Crippen LogP contribution in [-0.4, -0.2) is 80.5 Å². The highest BCUT2D eigenvalue weighted by Crippen LogP contribution is 2.24. The Morgan fingerprint density at radius 3 is 2.31 bits per heavy atom. The maximum absolute atomic E-state index is 13.7. The third kappa shape index (κ3) is 6.82. The number of methoxy groups -OCH3 is 1. The van der Waals surface area contributed by atoms with Crippen molar-refractivity contribution >= 4 is 21.8 Å². The van der Waals surface area contributed by atoms with Crippen molar-refractivity contribution in [2.24, 2.45) is 0 Å². The van der Waals surface area contributed by atoms with E-state index >= 15 is 0 Å². The second-order valence-corrected chi connectivity index (χ2v) is 10.6. The summed E-state index contributed by atoms with van der Waals surface area (Å²) in [4.78, 5) is 27.4. The van der Waals surface area contributed by atoms with Crippen molar-refractivity contribution < 1.29 is 28.0 Å². The molecule has 0 saturated carbocycles. The lowest BCUT2D eigenvalue weighted by Gasteiger charge is -2.33. The Morgan fingerprint density at radius 2 is 1.75 bits per heavy atom. The molecule has 1 fully saturated rings. The van der Waals surface area contributed by atoms with Crippen molar-refractivity contribution in [3.8, 4) is 5.75 Å². The number of hydrogen-bond donors (Lipinski definition) is 3. The summed E-state index contributed by atoms with van der Waals surface area (Å²) in [5.41, 5.74) is 2.31. The highest BCUT2D eigenvalue weighted by Gasteiger charge is 2.37. The predicted molar refractivity (Wildman–Crippen MR) is 134 cm³/mol. The molecule has 1 saturated heterocycles. The molecule has 2 aromatic carbocycles. The van der Waals surface area contributed by atoms with E-state index in [4.69, 9.17) is 4.74 Å². The van der Waals surface area contributed by atoms with Gasteiger partial charge in [0.2, 0.25) is 15.9 Å². The molecule has 0 spiro atoms. The topological polar surface area (TPSA) is 128 Å². The summed E-state index contributed by atoms with van der Waals surface area (Å²) in [6.07, 6.45) is 1.56. The van der Waals surface area contributed by atoms with Crippen LogP contribution in [-0.2, 0) is 26.0 Å². The van der Waals surface area contributed by atoms with Crippen LogP contribution in [0.5, 0.6) is 5.75 Å². The lowest BCUT2D eigenvalue weighted by Crippen LogP contribution is -2.51. The second-order valence-electron chi connectivity index (χ2n) is 8.67. The van der Waals surface area contributed by atoms with E-state index in [1.165, 1.54) is 31.4 Å². The lowest BCUT2D eigenvalue weighted by molar-refractivity contribution is -0.135. The fraction of sp³-hybridized carbons (Fsp3) is 0.440. The first kappa shape index (κ1) is 27.6. The number of nitrogens with one attached hydrogen (secondary N) is 2. The number of benzene rings is 2. The van der Waals surface area contributed by atoms with Crippen molar-refractivity contribution in [2.75, 3.05) is 33.8 Å². The maximum Gasteiger partial charge on any atom is 0.262 e. The van der Waals surface area contributed by atoms with Gasteiger partial charge in [0, 0.05) is 32.1 Å². The molecule has 0 aliphatic carbocycles. The number of hydrogen-bond acceptors (Lipinski definition) is 7. The number of nitrogens with zero attached hydrogens (tertiary/aromatic N) is 2. The molecule has 2 amide bonds. The van der Waals surface area contributed by atoms with Gasteiger partial charge in [0.25, 0.3) is 5.91 Å². The SMILES string of the molecule is CNC1CCN(C(=O)CCN(C(Cc2ccccc2)C(=O)NO)S(=O)(=O)c2ccc(OC)cc2)CC1. The molecule has 2 aromatic rings. The molecular weight excluding hydrogens is 484 g/mol. The summed E-state index contributed by atoms with van der Waals surface area (Å²) in [7, 11) is -0.848. The van der Waals surface area contributed by atoms with Crippen LogP contribution >= 0.6 is 0 Å². The zero-order valence-corrected chi connectivity index (χ0v) is 21.4. The van der Waals surface area contributed by atoms with Gasteiger partial charge in [-0.15, -0.1) is 0 Å². The minimum Gasteiger partial charge on any atom is -0.497 e. The highest BCUT2D eigenvalue weighted by atomic mass is 32.2. The van der Waals surface area contributed by atoms with Gasteiger partial charge in [0.1, 0.15) is 11.8 Å². The van der Waals surface area contributed by atoms with Crippen LogP contribution in [0.1, 0.15) is 24.8 Å². The van der Waals surface area contributed by atoms with Crippen molar-refractivity contribution in [1.29, 1.82) is 0 Å². The molecule has 3 rings (SSSR count). The summed E-state index contributed by atoms with van der Waals surface area (Å²) in [5, 5.41) is 12.7. The predicted octanol–water partition coefficient (Wildman–Crippen LogP) is 1.40. The number of piperidine rings is 1. The number of sulfonamides is 1. The Bertz CT molecular complexity index is 1100. The van der Waals surface area contributed by atoms with Crippen LogP contribution < -0.4 is 15.5 Å². The van der Waals surface area contributed by atoms with E-state index in [-0.39, 0.29) is 30.2 Å². The largest absolute Gasteiger partial charge is 0.497 e. The van der Waals surface area contributed by atoms with E-state index in [1.54, 1.807) is 34.6 Å². The standard InChI is InChI=1S/C25H34N4O6S/c1-26-20-12-15-28(16-13-20)24(30)14-17-29(36(33,34)22-10-8-21(35-2)9-11-22)23(25(31)27-32)18-19-6-4-3-5-7-19/h3-11,20,23,26,32H,12-18H2,1-2H3,(H,27,31). The van der Waals surface area contributed by atoms with E-state index in [2.05, 4.69) is 5.32 Å². The molecule has 196 valence electrons. The molecule has 11 heteroatoms. The number of carbonyl (C=O) groups excluding carboxylic acids is 2. The van der Waals surface area contributed by atoms with Crippen LogP contribution in [0.2, 0.25) is 0 Å². The van der Waals surface area contributed by atoms with Crippen LogP contribution in [0.15, 0.2) is 59.5 Å². The lowest BCUT2D eigenvalue weighted by atomic mass is 10.0. The Kier molecular flexibility index (Phi) is 9.82. The minimum atomic E-state index is -4.21. The van der Waals surface area contributed by atoms with Crippen LogP contribution in [0.25, 0.3) is 0 Å². The van der Waals surface area contributed by atoms with E-state index in [9.17, 15) is 23.2 Å². The number of ether oxygens (including phenoxy) is 1. The zero-order chi connectivity index (χ0) is 26.1. The maximum atomic E-state index is 13.7. The Hall–Kier alpha value is -2.99. The average molecular weight is 519 g/mol. The summed E-state index contributed by atoms with van der Waals surface area (Å²) in [5.74, 6) is -0.574. The number of likely N-dealkylation sites (tertiary alicyclic amines) is 1. The van der Waals surface area contributed by atoms with Crippen molar-refractivity contribution in [1.82, 2.24) is 20.0 Å². The van der Waals surface area contributed by atoms with Crippen molar-refractivity contribution in [3.05, 3.63) is 60.2 Å². The van der Waals surface area contributed by atoms with Gasteiger partial charge in [-0.25, -0.2) is 13.9 Å². The van der Waals surface area contributed by atoms with Gasteiger partial charge in [-0.3, -0.25) is 14.8 Å². The normalized spacial score (nSPS) is 15.5. The molecule has 1 unspecified atom stereocenters. The molecule has 1 atom stereocenters. The molecular formula is C25H34N4O6S. The Morgan fingerprint density at radius 1 is 1.11 bits per heavy atom. The number of amides is 2. The van der Waals surface area contributed by atoms with Gasteiger partial charge in [-0.05, 0) is 56.1 Å². The molecule has 10 nitrogen and oxygen atoms in total. The van der Waals surface area contributed by atoms with Gasteiger partial charge in [-0.2, -0.15) is 4.31 Å². The van der Waals surface area contributed by atoms with Crippen molar-refractivity contribution in [3.63, 3.8) is 0 Å². The van der Waals surface area contributed by atoms with Crippen LogP contribution in [0.4, 0.5) is 0 Å². The molecule has 1 aliphatic heterocycles. The first-order valence-electron chi connectivity index (χ1n) is 11.9. The smallest absolute Gasteiger partial charge is 0.262 e. The number of hydroxylamine groups is 1. The van der Waals surface area contributed by atoms with E-state index in [0.29, 0.717) is 30.4 Å². The summed E-state index contributed by atoms with van der Waals surface area (Å²) in [6, 6.07) is 13.8. The summed E-state index contributed by atoms with van der Waals surface area (Å²) >= 11 is 0. The van der Waals surface area contributed by atoms with Crippen molar-refractivity contribution in [2.45, 2.75) is 42.7 Å². The average Bonchev–Trinajstić information content (AvgIpc) is 2.92. The first-order valence-corrected chi connectivity index (χ1v) is 13.3.